The zero-order valence-electron chi connectivity index (χ0n) is 14.4. The van der Waals surface area contributed by atoms with E-state index < -0.39 is 21.8 Å². The highest BCUT2D eigenvalue weighted by Gasteiger charge is 2.33. The second kappa shape index (κ2) is 7.01. The number of alkyl halides is 3. The maximum Gasteiger partial charge on any atom is 0.416 e. The third-order valence-electron chi connectivity index (χ3n) is 4.30. The summed E-state index contributed by atoms with van der Waals surface area (Å²) in [6, 6.07) is 6.60. The molecule has 0 radical (unpaired) electrons. The van der Waals surface area contributed by atoms with E-state index in [2.05, 4.69) is 0 Å². The fourth-order valence-corrected chi connectivity index (χ4v) is 4.22. The lowest BCUT2D eigenvalue weighted by molar-refractivity contribution is -0.137. The minimum Gasteiger partial charge on any atom is -0.456 e. The number of benzene rings is 1. The van der Waals surface area contributed by atoms with Gasteiger partial charge >= 0.3 is 6.18 Å². The molecule has 2 heterocycles. The number of rotatable bonds is 3. The zero-order valence-corrected chi connectivity index (χ0v) is 15.2. The van der Waals surface area contributed by atoms with Crippen LogP contribution in [-0.2, 0) is 16.2 Å². The lowest BCUT2D eigenvalue weighted by Gasteiger charge is -2.33. The van der Waals surface area contributed by atoms with Gasteiger partial charge in [-0.1, -0.05) is 0 Å². The average molecular weight is 402 g/mol. The highest BCUT2D eigenvalue weighted by molar-refractivity contribution is 7.89. The van der Waals surface area contributed by atoms with E-state index in [9.17, 15) is 26.4 Å². The highest BCUT2D eigenvalue weighted by atomic mass is 32.2. The van der Waals surface area contributed by atoms with E-state index >= 15 is 0 Å². The molecule has 27 heavy (non-hydrogen) atoms. The molecule has 0 unspecified atom stereocenters. The molecule has 146 valence electrons. The Morgan fingerprint density at radius 2 is 1.59 bits per heavy atom. The van der Waals surface area contributed by atoms with Crippen LogP contribution in [0.3, 0.4) is 0 Å². The van der Waals surface area contributed by atoms with Crippen LogP contribution in [0.25, 0.3) is 0 Å². The smallest absolute Gasteiger partial charge is 0.416 e. The molecule has 0 spiro atoms. The molecule has 2 aromatic rings. The van der Waals surface area contributed by atoms with Crippen LogP contribution >= 0.6 is 0 Å². The van der Waals surface area contributed by atoms with E-state index in [1.165, 1.54) is 4.90 Å². The predicted molar refractivity (Wildman–Crippen MR) is 89.6 cm³/mol. The molecule has 0 aliphatic carbocycles. The van der Waals surface area contributed by atoms with Gasteiger partial charge in [-0.25, -0.2) is 8.42 Å². The average Bonchev–Trinajstić information content (AvgIpc) is 3.07. The Kier molecular flexibility index (Phi) is 5.04. The SMILES string of the molecule is Cc1ccc(C(=O)N2CCN(S(=O)(=O)c3ccc(C(F)(F)F)cc3)CC2)o1. The molecule has 0 N–H and O–H groups in total. The number of aryl methyl sites for hydroxylation is 1. The standard InChI is InChI=1S/C17H17F3N2O4S/c1-12-2-7-15(26-12)16(23)21-8-10-22(11-9-21)27(24,25)14-5-3-13(4-6-14)17(18,19)20/h2-7H,8-11H2,1H3. The summed E-state index contributed by atoms with van der Waals surface area (Å²) in [7, 11) is -3.93. The molecule has 3 rings (SSSR count). The third-order valence-corrected chi connectivity index (χ3v) is 6.21. The number of furan rings is 1. The number of carbonyl (C=O) groups excluding carboxylic acids is 1. The van der Waals surface area contributed by atoms with Crippen molar-refractivity contribution in [1.29, 1.82) is 0 Å². The van der Waals surface area contributed by atoms with E-state index in [1.54, 1.807) is 19.1 Å². The number of hydrogen-bond donors (Lipinski definition) is 0. The van der Waals surface area contributed by atoms with Gasteiger partial charge in [-0.05, 0) is 43.3 Å². The van der Waals surface area contributed by atoms with E-state index in [0.29, 0.717) is 5.76 Å². The first-order chi connectivity index (χ1) is 12.6. The van der Waals surface area contributed by atoms with Crippen molar-refractivity contribution in [2.45, 2.75) is 18.0 Å². The van der Waals surface area contributed by atoms with Gasteiger partial charge in [0, 0.05) is 26.2 Å². The molecule has 10 heteroatoms. The summed E-state index contributed by atoms with van der Waals surface area (Å²) in [5, 5.41) is 0. The molecule has 0 bridgehead atoms. The summed E-state index contributed by atoms with van der Waals surface area (Å²) < 4.78 is 69.6. The molecule has 1 amide bonds. The fourth-order valence-electron chi connectivity index (χ4n) is 2.80. The van der Waals surface area contributed by atoms with Crippen LogP contribution in [-0.4, -0.2) is 49.7 Å². The minimum absolute atomic E-state index is 0.0504. The molecule has 1 aromatic heterocycles. The highest BCUT2D eigenvalue weighted by Crippen LogP contribution is 2.30. The van der Waals surface area contributed by atoms with Gasteiger partial charge in [0.15, 0.2) is 5.76 Å². The number of piperazine rings is 1. The van der Waals surface area contributed by atoms with Gasteiger partial charge in [0.05, 0.1) is 10.5 Å². The van der Waals surface area contributed by atoms with E-state index in [4.69, 9.17) is 4.42 Å². The Morgan fingerprint density at radius 1 is 1.00 bits per heavy atom. The van der Waals surface area contributed by atoms with Crippen molar-refractivity contribution >= 4 is 15.9 Å². The quantitative estimate of drug-likeness (QED) is 0.792. The number of halogens is 3. The van der Waals surface area contributed by atoms with Gasteiger partial charge < -0.3 is 9.32 Å². The van der Waals surface area contributed by atoms with Crippen molar-refractivity contribution in [2.75, 3.05) is 26.2 Å². The molecule has 1 fully saturated rings. The van der Waals surface area contributed by atoms with E-state index in [-0.39, 0.29) is 42.7 Å². The largest absolute Gasteiger partial charge is 0.456 e. The monoisotopic (exact) mass is 402 g/mol. The fraction of sp³-hybridized carbons (Fsp3) is 0.353. The Morgan fingerprint density at radius 3 is 2.07 bits per heavy atom. The van der Waals surface area contributed by atoms with Crippen LogP contribution in [0, 0.1) is 6.92 Å². The van der Waals surface area contributed by atoms with Crippen LogP contribution in [0.5, 0.6) is 0 Å². The van der Waals surface area contributed by atoms with Crippen LogP contribution < -0.4 is 0 Å². The first-order valence-electron chi connectivity index (χ1n) is 8.12. The van der Waals surface area contributed by atoms with Crippen molar-refractivity contribution in [1.82, 2.24) is 9.21 Å². The predicted octanol–water partition coefficient (Wildman–Crippen LogP) is 2.75. The Bertz CT molecular complexity index is 928. The lowest BCUT2D eigenvalue weighted by Crippen LogP contribution is -2.50. The normalized spacial score (nSPS) is 16.5. The third kappa shape index (κ3) is 4.01. The molecule has 1 aliphatic heterocycles. The summed E-state index contributed by atoms with van der Waals surface area (Å²) in [6.07, 6.45) is -4.53. The van der Waals surface area contributed by atoms with Gasteiger partial charge in [0.25, 0.3) is 5.91 Å². The summed E-state index contributed by atoms with van der Waals surface area (Å²) >= 11 is 0. The molecule has 0 atom stereocenters. The molecule has 1 saturated heterocycles. The summed E-state index contributed by atoms with van der Waals surface area (Å²) in [6.45, 7) is 2.14. The van der Waals surface area contributed by atoms with Crippen LogP contribution in [0.15, 0.2) is 45.7 Å². The first kappa shape index (κ1) is 19.4. The number of nitrogens with zero attached hydrogens (tertiary/aromatic N) is 2. The van der Waals surface area contributed by atoms with E-state index in [0.717, 1.165) is 28.6 Å². The first-order valence-corrected chi connectivity index (χ1v) is 9.56. The van der Waals surface area contributed by atoms with Crippen LogP contribution in [0.2, 0.25) is 0 Å². The maximum atomic E-state index is 12.6. The van der Waals surface area contributed by atoms with Gasteiger partial charge in [-0.2, -0.15) is 17.5 Å². The maximum absolute atomic E-state index is 12.6. The van der Waals surface area contributed by atoms with Crippen molar-refractivity contribution < 1.29 is 30.8 Å². The number of sulfonamides is 1. The van der Waals surface area contributed by atoms with Crippen LogP contribution in [0.1, 0.15) is 21.9 Å². The van der Waals surface area contributed by atoms with Gasteiger partial charge in [0.1, 0.15) is 5.76 Å². The van der Waals surface area contributed by atoms with Crippen molar-refractivity contribution in [2.24, 2.45) is 0 Å². The summed E-state index contributed by atoms with van der Waals surface area (Å²) in [5.74, 6) is 0.461. The summed E-state index contributed by atoms with van der Waals surface area (Å²) in [4.78, 5) is 13.6. The Balaban J connectivity index is 1.68. The van der Waals surface area contributed by atoms with Crippen molar-refractivity contribution in [3.05, 3.63) is 53.5 Å². The van der Waals surface area contributed by atoms with Gasteiger partial charge in [0.2, 0.25) is 10.0 Å². The molecule has 6 nitrogen and oxygen atoms in total. The minimum atomic E-state index is -4.53. The second-order valence-electron chi connectivity index (χ2n) is 6.13. The van der Waals surface area contributed by atoms with Crippen molar-refractivity contribution in [3.8, 4) is 0 Å². The molecule has 0 saturated carbocycles. The topological polar surface area (TPSA) is 70.8 Å². The number of hydrogen-bond acceptors (Lipinski definition) is 4. The van der Waals surface area contributed by atoms with Crippen LogP contribution in [0.4, 0.5) is 13.2 Å². The zero-order chi connectivity index (χ0) is 19.8. The molecule has 1 aliphatic rings. The van der Waals surface area contributed by atoms with Gasteiger partial charge in [-0.3, -0.25) is 4.79 Å². The Hall–Kier alpha value is -2.33. The van der Waals surface area contributed by atoms with Gasteiger partial charge in [-0.15, -0.1) is 0 Å². The Labute approximate surface area is 154 Å². The lowest BCUT2D eigenvalue weighted by atomic mass is 10.2. The molecular formula is C17H17F3N2O4S. The number of amides is 1. The molecular weight excluding hydrogens is 385 g/mol. The number of carbonyl (C=O) groups is 1. The van der Waals surface area contributed by atoms with Crippen molar-refractivity contribution in [3.63, 3.8) is 0 Å². The summed E-state index contributed by atoms with van der Waals surface area (Å²) in [5.41, 5.74) is -0.911. The second-order valence-corrected chi connectivity index (χ2v) is 8.07. The molecule has 1 aromatic carbocycles. The van der Waals surface area contributed by atoms with E-state index in [1.807, 2.05) is 0 Å².